The van der Waals surface area contributed by atoms with Crippen LogP contribution in [0.5, 0.6) is 0 Å². The van der Waals surface area contributed by atoms with Gasteiger partial charge in [0, 0.05) is 0 Å². The third-order valence-electron chi connectivity index (χ3n) is 2.41. The van der Waals surface area contributed by atoms with E-state index in [1.54, 1.807) is 0 Å². The molecule has 0 saturated heterocycles. The van der Waals surface area contributed by atoms with Crippen molar-refractivity contribution < 1.29 is 0 Å². The lowest BCUT2D eigenvalue weighted by Crippen LogP contribution is -2.22. The molecule has 0 aliphatic carbocycles. The van der Waals surface area contributed by atoms with Crippen molar-refractivity contribution in [2.45, 2.75) is 33.6 Å². The number of guanidine groups is 1. The molecule has 0 aliphatic rings. The first-order valence-electron chi connectivity index (χ1n) is 5.30. The van der Waals surface area contributed by atoms with E-state index >= 15 is 0 Å². The first-order chi connectivity index (χ1) is 7.08. The number of aryl methyl sites for hydroxylation is 3. The monoisotopic (exact) mass is 205 g/mol. The van der Waals surface area contributed by atoms with Crippen LogP contribution in [0.1, 0.15) is 30.5 Å². The number of nitrogens with two attached hydrogens (primary N) is 2. The van der Waals surface area contributed by atoms with E-state index in [0.29, 0.717) is 0 Å². The van der Waals surface area contributed by atoms with Crippen LogP contribution < -0.4 is 11.5 Å². The highest BCUT2D eigenvalue weighted by Crippen LogP contribution is 2.27. The Morgan fingerprint density at radius 1 is 1.13 bits per heavy atom. The van der Waals surface area contributed by atoms with Crippen molar-refractivity contribution in [3.05, 3.63) is 28.8 Å². The quantitative estimate of drug-likeness (QED) is 0.585. The molecule has 0 atom stereocenters. The molecule has 4 N–H and O–H groups in total. The minimum atomic E-state index is 0.128. The van der Waals surface area contributed by atoms with Gasteiger partial charge in [-0.05, 0) is 30.9 Å². The van der Waals surface area contributed by atoms with Gasteiger partial charge in [-0.1, -0.05) is 31.5 Å². The fraction of sp³-hybridized carbons (Fsp3) is 0.417. The minimum absolute atomic E-state index is 0.128. The van der Waals surface area contributed by atoms with Crippen LogP contribution in [0.3, 0.4) is 0 Å². The Morgan fingerprint density at radius 2 is 1.60 bits per heavy atom. The summed E-state index contributed by atoms with van der Waals surface area (Å²) >= 11 is 0. The number of benzene rings is 1. The summed E-state index contributed by atoms with van der Waals surface area (Å²) in [5, 5.41) is 0. The number of nitrogens with zero attached hydrogens (tertiary/aromatic N) is 1. The van der Waals surface area contributed by atoms with Gasteiger partial charge in [0.15, 0.2) is 5.96 Å². The lowest BCUT2D eigenvalue weighted by molar-refractivity contribution is 1.07. The zero-order chi connectivity index (χ0) is 11.4. The largest absolute Gasteiger partial charge is 0.370 e. The molecule has 0 spiro atoms. The maximum atomic E-state index is 5.44. The Bertz CT molecular complexity index is 351. The topological polar surface area (TPSA) is 64.4 Å². The molecule has 0 heterocycles. The Morgan fingerprint density at radius 3 is 1.93 bits per heavy atom. The van der Waals surface area contributed by atoms with E-state index in [1.807, 2.05) is 0 Å². The van der Waals surface area contributed by atoms with Crippen LogP contribution >= 0.6 is 0 Å². The lowest BCUT2D eigenvalue weighted by Gasteiger charge is -2.10. The number of hydrogen-bond acceptors (Lipinski definition) is 1. The molecule has 0 radical (unpaired) electrons. The summed E-state index contributed by atoms with van der Waals surface area (Å²) in [6, 6.07) is 4.28. The van der Waals surface area contributed by atoms with Gasteiger partial charge in [-0.3, -0.25) is 0 Å². The average Bonchev–Trinajstić information content (AvgIpc) is 2.19. The van der Waals surface area contributed by atoms with Crippen molar-refractivity contribution >= 4 is 11.6 Å². The van der Waals surface area contributed by atoms with Crippen molar-refractivity contribution in [1.82, 2.24) is 0 Å². The van der Waals surface area contributed by atoms with Gasteiger partial charge >= 0.3 is 0 Å². The third-order valence-corrected chi connectivity index (χ3v) is 2.41. The predicted molar refractivity (Wildman–Crippen MR) is 65.4 cm³/mol. The summed E-state index contributed by atoms with van der Waals surface area (Å²) in [5.74, 6) is 0.128. The minimum Gasteiger partial charge on any atom is -0.370 e. The molecule has 1 aromatic rings. The standard InChI is InChI=1S/C12H19N3/c1-4-9-6-8(3)7-10(5-2)11(9)15-12(13)14/h6-7H,4-5H2,1-3H3,(H4,13,14,15). The van der Waals surface area contributed by atoms with Crippen molar-refractivity contribution in [3.8, 4) is 0 Å². The van der Waals surface area contributed by atoms with Crippen LogP contribution in [0.15, 0.2) is 17.1 Å². The van der Waals surface area contributed by atoms with Crippen LogP contribution in [0.4, 0.5) is 5.69 Å². The van der Waals surface area contributed by atoms with Crippen LogP contribution in [0.2, 0.25) is 0 Å². The molecule has 1 aromatic carbocycles. The number of hydrogen-bond donors (Lipinski definition) is 2. The zero-order valence-corrected chi connectivity index (χ0v) is 9.67. The van der Waals surface area contributed by atoms with E-state index in [0.717, 1.165) is 18.5 Å². The Balaban J connectivity index is 3.37. The Kier molecular flexibility index (Phi) is 3.72. The molecule has 0 aliphatic heterocycles. The van der Waals surface area contributed by atoms with Gasteiger partial charge in [0.05, 0.1) is 5.69 Å². The van der Waals surface area contributed by atoms with E-state index in [-0.39, 0.29) is 5.96 Å². The molecular weight excluding hydrogens is 186 g/mol. The van der Waals surface area contributed by atoms with Gasteiger partial charge in [0.1, 0.15) is 0 Å². The van der Waals surface area contributed by atoms with Gasteiger partial charge in [0.2, 0.25) is 0 Å². The molecule has 3 nitrogen and oxygen atoms in total. The molecule has 82 valence electrons. The van der Waals surface area contributed by atoms with Gasteiger partial charge < -0.3 is 11.5 Å². The average molecular weight is 205 g/mol. The fourth-order valence-electron chi connectivity index (χ4n) is 1.75. The fourth-order valence-corrected chi connectivity index (χ4v) is 1.75. The Labute approximate surface area is 91.2 Å². The van der Waals surface area contributed by atoms with Crippen molar-refractivity contribution in [2.24, 2.45) is 16.5 Å². The first-order valence-corrected chi connectivity index (χ1v) is 5.30. The van der Waals surface area contributed by atoms with E-state index < -0.39 is 0 Å². The summed E-state index contributed by atoms with van der Waals surface area (Å²) in [4.78, 5) is 4.21. The van der Waals surface area contributed by atoms with Gasteiger partial charge in [-0.2, -0.15) is 0 Å². The molecule has 0 amide bonds. The second kappa shape index (κ2) is 4.82. The second-order valence-corrected chi connectivity index (χ2v) is 3.68. The van der Waals surface area contributed by atoms with Gasteiger partial charge in [-0.25, -0.2) is 4.99 Å². The summed E-state index contributed by atoms with van der Waals surface area (Å²) in [6.07, 6.45) is 1.89. The molecule has 3 heteroatoms. The SMILES string of the molecule is CCc1cc(C)cc(CC)c1N=C(N)N. The highest BCUT2D eigenvalue weighted by molar-refractivity contribution is 5.80. The maximum absolute atomic E-state index is 5.44. The molecule has 1 rings (SSSR count). The predicted octanol–water partition coefficient (Wildman–Crippen LogP) is 2.02. The summed E-state index contributed by atoms with van der Waals surface area (Å²) in [5.41, 5.74) is 15.5. The highest BCUT2D eigenvalue weighted by Gasteiger charge is 2.06. The van der Waals surface area contributed by atoms with Crippen molar-refractivity contribution in [3.63, 3.8) is 0 Å². The van der Waals surface area contributed by atoms with Gasteiger partial charge in [-0.15, -0.1) is 0 Å². The van der Waals surface area contributed by atoms with Gasteiger partial charge in [0.25, 0.3) is 0 Å². The van der Waals surface area contributed by atoms with Crippen LogP contribution in [-0.4, -0.2) is 5.96 Å². The van der Waals surface area contributed by atoms with Crippen molar-refractivity contribution in [1.29, 1.82) is 0 Å². The van der Waals surface area contributed by atoms with E-state index in [4.69, 9.17) is 11.5 Å². The molecular formula is C12H19N3. The van der Waals surface area contributed by atoms with E-state index in [1.165, 1.54) is 16.7 Å². The van der Waals surface area contributed by atoms with Crippen LogP contribution in [0, 0.1) is 6.92 Å². The molecule has 0 saturated carbocycles. The molecule has 0 fully saturated rings. The van der Waals surface area contributed by atoms with Crippen molar-refractivity contribution in [2.75, 3.05) is 0 Å². The normalized spacial score (nSPS) is 10.1. The molecule has 0 aromatic heterocycles. The van der Waals surface area contributed by atoms with Crippen LogP contribution in [0.25, 0.3) is 0 Å². The second-order valence-electron chi connectivity index (χ2n) is 3.68. The summed E-state index contributed by atoms with van der Waals surface area (Å²) < 4.78 is 0. The molecule has 15 heavy (non-hydrogen) atoms. The zero-order valence-electron chi connectivity index (χ0n) is 9.67. The highest BCUT2D eigenvalue weighted by atomic mass is 15.0. The summed E-state index contributed by atoms with van der Waals surface area (Å²) in [7, 11) is 0. The molecule has 0 bridgehead atoms. The smallest absolute Gasteiger partial charge is 0.191 e. The first kappa shape index (κ1) is 11.6. The van der Waals surface area contributed by atoms with E-state index in [9.17, 15) is 0 Å². The van der Waals surface area contributed by atoms with E-state index in [2.05, 4.69) is 37.9 Å². The Hall–Kier alpha value is -1.51. The number of aliphatic imine (C=N–C) groups is 1. The third kappa shape index (κ3) is 2.72. The van der Waals surface area contributed by atoms with Crippen LogP contribution in [-0.2, 0) is 12.8 Å². The summed E-state index contributed by atoms with van der Waals surface area (Å²) in [6.45, 7) is 6.32. The number of rotatable bonds is 3. The maximum Gasteiger partial charge on any atom is 0.191 e. The molecule has 0 unspecified atom stereocenters. The lowest BCUT2D eigenvalue weighted by atomic mass is 10.00.